The minimum Gasteiger partial charge on any atom is -0.453 e. The molecule has 4 N–H and O–H groups in total. The van der Waals surface area contributed by atoms with E-state index in [2.05, 4.69) is 37.4 Å². The summed E-state index contributed by atoms with van der Waals surface area (Å²) in [6.45, 7) is 8.92. The summed E-state index contributed by atoms with van der Waals surface area (Å²) in [6, 6.07) is 15.8. The van der Waals surface area contributed by atoms with Crippen LogP contribution < -0.4 is 10.6 Å². The van der Waals surface area contributed by atoms with Gasteiger partial charge in [0.25, 0.3) is 0 Å². The van der Waals surface area contributed by atoms with Crippen molar-refractivity contribution in [3.8, 4) is 34.4 Å². The summed E-state index contributed by atoms with van der Waals surface area (Å²) in [6.07, 6.45) is 8.08. The van der Waals surface area contributed by atoms with E-state index in [9.17, 15) is 19.2 Å². The van der Waals surface area contributed by atoms with Gasteiger partial charge in [-0.3, -0.25) is 14.6 Å². The van der Waals surface area contributed by atoms with Crippen LogP contribution in [0.25, 0.3) is 33.5 Å². The highest BCUT2D eigenvalue weighted by molar-refractivity contribution is 5.88. The first-order valence-corrected chi connectivity index (χ1v) is 22.2. The Kier molecular flexibility index (Phi) is 11.2. The van der Waals surface area contributed by atoms with E-state index in [4.69, 9.17) is 19.4 Å². The molecule has 2 saturated heterocycles. The van der Waals surface area contributed by atoms with E-state index in [1.807, 2.05) is 92.1 Å². The number of aromatic amines is 2. The predicted molar refractivity (Wildman–Crippen MR) is 239 cm³/mol. The van der Waals surface area contributed by atoms with E-state index in [0.717, 1.165) is 89.0 Å². The Hall–Kier alpha value is -6.69. The van der Waals surface area contributed by atoms with E-state index in [0.29, 0.717) is 18.9 Å². The van der Waals surface area contributed by atoms with Crippen molar-refractivity contribution >= 4 is 35.0 Å². The van der Waals surface area contributed by atoms with E-state index in [1.54, 1.807) is 12.4 Å². The van der Waals surface area contributed by atoms with Crippen molar-refractivity contribution in [2.45, 2.75) is 90.4 Å². The van der Waals surface area contributed by atoms with Gasteiger partial charge in [0.2, 0.25) is 11.8 Å². The minimum atomic E-state index is -0.734. The molecule has 2 aromatic carbocycles. The van der Waals surface area contributed by atoms with Gasteiger partial charge >= 0.3 is 12.2 Å². The third-order valence-corrected chi connectivity index (χ3v) is 13.6. The van der Waals surface area contributed by atoms with E-state index in [1.165, 1.54) is 14.2 Å². The second-order valence-corrected chi connectivity index (χ2v) is 18.9. The molecule has 64 heavy (non-hydrogen) atoms. The van der Waals surface area contributed by atoms with E-state index >= 15 is 0 Å². The van der Waals surface area contributed by atoms with Gasteiger partial charge in [-0.15, -0.1) is 0 Å². The van der Waals surface area contributed by atoms with Gasteiger partial charge in [0.1, 0.15) is 23.7 Å². The summed E-state index contributed by atoms with van der Waals surface area (Å²) < 4.78 is 9.69. The summed E-state index contributed by atoms with van der Waals surface area (Å²) >= 11 is 0. The van der Waals surface area contributed by atoms with Gasteiger partial charge in [0.05, 0.1) is 48.7 Å². The standard InChI is InChI=1S/C49H55N9O6/c1-28(2)38(55-46(61)63-5)44(59)57-26-48(17-18-48)24-36(57)42-51-34-14-11-31(23-35(34)52-42)8-7-30-9-12-32(13-10-30)40-41(33-15-21-50-22-16-33)54-43(53-40)37-25-49(19-20-49)27-58(37)45(60)39(29(3)4)56-47(62)64-6/h9-16,21-23,28-29,36-39H,17-20,24-27H2,1-6H3,(H,51,52)(H,53,54)(H,55,61)(H,56,62)/t36-,37-,38-,39-/m0/s1. The highest BCUT2D eigenvalue weighted by Crippen LogP contribution is 2.59. The quantitative estimate of drug-likeness (QED) is 0.105. The van der Waals surface area contributed by atoms with Crippen LogP contribution in [0.3, 0.4) is 0 Å². The normalized spacial score (nSPS) is 20.0. The monoisotopic (exact) mass is 865 g/mol. The largest absolute Gasteiger partial charge is 0.453 e. The number of nitrogens with one attached hydrogen (secondary N) is 4. The average Bonchev–Trinajstić information content (AvgIpc) is 3.94. The Bertz CT molecular complexity index is 2650. The van der Waals surface area contributed by atoms with Crippen LogP contribution in [0, 0.1) is 34.5 Å². The molecule has 4 atom stereocenters. The molecule has 2 saturated carbocycles. The van der Waals surface area contributed by atoms with Crippen molar-refractivity contribution in [1.82, 2.24) is 45.4 Å². The molecule has 0 unspecified atom stereocenters. The zero-order valence-corrected chi connectivity index (χ0v) is 37.2. The smallest absolute Gasteiger partial charge is 0.407 e. The molecule has 5 heterocycles. The van der Waals surface area contributed by atoms with Crippen LogP contribution in [0.4, 0.5) is 9.59 Å². The number of fused-ring (bicyclic) bond motifs is 1. The van der Waals surface area contributed by atoms with Gasteiger partial charge in [-0.2, -0.15) is 0 Å². The molecule has 0 radical (unpaired) electrons. The fourth-order valence-corrected chi connectivity index (χ4v) is 9.51. The Morgan fingerprint density at radius 2 is 1.20 bits per heavy atom. The van der Waals surface area contributed by atoms with Crippen molar-refractivity contribution in [2.75, 3.05) is 27.3 Å². The molecule has 4 fully saturated rings. The number of amides is 4. The van der Waals surface area contributed by atoms with Gasteiger partial charge < -0.3 is 39.9 Å². The number of carbonyl (C=O) groups is 4. The van der Waals surface area contributed by atoms with Gasteiger partial charge in [0.15, 0.2) is 0 Å². The molecule has 0 bridgehead atoms. The lowest BCUT2D eigenvalue weighted by Crippen LogP contribution is -2.51. The maximum Gasteiger partial charge on any atom is 0.407 e. The molecular formula is C49H55N9O6. The Morgan fingerprint density at radius 3 is 1.72 bits per heavy atom. The number of hydrogen-bond acceptors (Lipinski definition) is 9. The Labute approximate surface area is 372 Å². The zero-order chi connectivity index (χ0) is 44.9. The molecule has 2 aliphatic carbocycles. The molecule has 15 nitrogen and oxygen atoms in total. The van der Waals surface area contributed by atoms with Crippen molar-refractivity contribution < 1.29 is 28.7 Å². The van der Waals surface area contributed by atoms with Crippen LogP contribution >= 0.6 is 0 Å². The van der Waals surface area contributed by atoms with Crippen LogP contribution in [0.2, 0.25) is 0 Å². The lowest BCUT2D eigenvalue weighted by molar-refractivity contribution is -0.136. The highest BCUT2D eigenvalue weighted by atomic mass is 16.5. The van der Waals surface area contributed by atoms with Gasteiger partial charge in [-0.05, 0) is 104 Å². The summed E-state index contributed by atoms with van der Waals surface area (Å²) in [5.74, 6) is 7.54. The lowest BCUT2D eigenvalue weighted by atomic mass is 10.0. The number of alkyl carbamates (subject to hydrolysis) is 2. The number of hydrogen-bond donors (Lipinski definition) is 4. The molecule has 15 heteroatoms. The van der Waals surface area contributed by atoms with E-state index in [-0.39, 0.29) is 46.6 Å². The zero-order valence-electron chi connectivity index (χ0n) is 37.2. The van der Waals surface area contributed by atoms with E-state index < -0.39 is 24.3 Å². The second kappa shape index (κ2) is 16.8. The number of likely N-dealkylation sites (tertiary alicyclic amines) is 2. The summed E-state index contributed by atoms with van der Waals surface area (Å²) in [4.78, 5) is 77.9. The fourth-order valence-electron chi connectivity index (χ4n) is 9.51. The van der Waals surface area contributed by atoms with Crippen molar-refractivity contribution in [1.29, 1.82) is 0 Å². The SMILES string of the molecule is COC(=O)N[C@H](C(=O)N1CC2(CC2)C[C@H]1c1nc(-c2ccncc2)c(-c2ccc(C#Cc3ccc4nc([C@@H]5CC6(CC6)CN5C(=O)[C@@H](NC(=O)OC)C(C)C)[nH]c4c3)cc2)[nH]1)C(C)C. The van der Waals surface area contributed by atoms with Crippen LogP contribution in [0.15, 0.2) is 67.0 Å². The first kappa shape index (κ1) is 42.6. The fraction of sp³-hybridized carbons (Fsp3) is 0.449. The lowest BCUT2D eigenvalue weighted by Gasteiger charge is -2.30. The molecule has 4 amide bonds. The van der Waals surface area contributed by atoms with Crippen LogP contribution in [0.1, 0.15) is 101 Å². The molecular weight excluding hydrogens is 811 g/mol. The predicted octanol–water partition coefficient (Wildman–Crippen LogP) is 7.28. The number of nitrogens with zero attached hydrogens (tertiary/aromatic N) is 5. The summed E-state index contributed by atoms with van der Waals surface area (Å²) in [7, 11) is 2.60. The van der Waals surface area contributed by atoms with Crippen molar-refractivity contribution in [3.05, 3.63) is 89.8 Å². The second-order valence-electron chi connectivity index (χ2n) is 18.9. The van der Waals surface area contributed by atoms with Crippen LogP contribution in [-0.4, -0.2) is 98.1 Å². The Morgan fingerprint density at radius 1 is 0.688 bits per heavy atom. The number of aromatic nitrogens is 5. The number of ether oxygens (including phenoxy) is 2. The van der Waals surface area contributed by atoms with Crippen molar-refractivity contribution in [2.24, 2.45) is 22.7 Å². The van der Waals surface area contributed by atoms with Crippen LogP contribution in [-0.2, 0) is 19.1 Å². The number of H-pyrrole nitrogens is 2. The molecule has 4 aliphatic rings. The summed E-state index contributed by atoms with van der Waals surface area (Å²) in [5.41, 5.74) is 6.83. The molecule has 2 aliphatic heterocycles. The minimum absolute atomic E-state index is 0.0570. The first-order valence-electron chi connectivity index (χ1n) is 22.2. The molecule has 9 rings (SSSR count). The number of methoxy groups -OCH3 is 2. The average molecular weight is 866 g/mol. The number of carbonyl (C=O) groups excluding carboxylic acids is 4. The highest BCUT2D eigenvalue weighted by Gasteiger charge is 2.56. The number of rotatable bonds is 10. The van der Waals surface area contributed by atoms with Gasteiger partial charge in [-0.25, -0.2) is 19.6 Å². The third-order valence-electron chi connectivity index (χ3n) is 13.6. The number of benzene rings is 2. The van der Waals surface area contributed by atoms with Gasteiger partial charge in [0, 0.05) is 47.7 Å². The maximum atomic E-state index is 14.2. The van der Waals surface area contributed by atoms with Crippen molar-refractivity contribution in [3.63, 3.8) is 0 Å². The topological polar surface area (TPSA) is 188 Å². The van der Waals surface area contributed by atoms with Gasteiger partial charge in [-0.1, -0.05) is 51.7 Å². The molecule has 5 aromatic rings. The number of pyridine rings is 1. The first-order chi connectivity index (χ1) is 30.8. The number of imidazole rings is 2. The molecule has 332 valence electrons. The molecule has 3 aromatic heterocycles. The molecule has 2 spiro atoms. The third kappa shape index (κ3) is 8.41. The maximum absolute atomic E-state index is 14.2. The van der Waals surface area contributed by atoms with Crippen LogP contribution in [0.5, 0.6) is 0 Å². The Balaban J connectivity index is 0.958. The summed E-state index contributed by atoms with van der Waals surface area (Å²) in [5, 5.41) is 5.51.